The Kier molecular flexibility index (Phi) is 4.07. The molecule has 1 aromatic carbocycles. The largest absolute Gasteiger partial charge is 0.493 e. The number of rotatable bonds is 4. The van der Waals surface area contributed by atoms with Crippen LogP contribution in [0.1, 0.15) is 23.6 Å². The maximum Gasteiger partial charge on any atom is 0.225 e. The molecule has 2 heterocycles. The fourth-order valence-corrected chi connectivity index (χ4v) is 3.40. The summed E-state index contributed by atoms with van der Waals surface area (Å²) in [5.41, 5.74) is 2.44. The highest BCUT2D eigenvalue weighted by molar-refractivity contribution is 5.78. The van der Waals surface area contributed by atoms with Crippen molar-refractivity contribution in [1.82, 2.24) is 9.80 Å². The van der Waals surface area contributed by atoms with Gasteiger partial charge in [0.25, 0.3) is 0 Å². The fraction of sp³-hybridized carbons (Fsp3) is 0.471. The van der Waals surface area contributed by atoms with E-state index in [1.807, 2.05) is 17.0 Å². The second kappa shape index (κ2) is 6.01. The standard InChI is InChI=1S/C17H22N2O3/c1-4-6-19-11-18-7-5-12-8-15(21-2)16(22-3)9-13(12)14(18)10-17(19)20/h4,8-9,14H,1,5-7,10-11H2,2-3H3. The van der Waals surface area contributed by atoms with Crippen molar-refractivity contribution in [2.75, 3.05) is 34.0 Å². The van der Waals surface area contributed by atoms with Crippen molar-refractivity contribution in [3.63, 3.8) is 0 Å². The minimum absolute atomic E-state index is 0.136. The molecule has 1 amide bonds. The summed E-state index contributed by atoms with van der Waals surface area (Å²) in [6.45, 7) is 5.96. The zero-order valence-electron chi connectivity index (χ0n) is 13.2. The van der Waals surface area contributed by atoms with Gasteiger partial charge in [-0.05, 0) is 29.7 Å². The van der Waals surface area contributed by atoms with Crippen LogP contribution in [0, 0.1) is 0 Å². The molecule has 1 unspecified atom stereocenters. The van der Waals surface area contributed by atoms with Crippen LogP contribution in [0.15, 0.2) is 24.8 Å². The van der Waals surface area contributed by atoms with Crippen molar-refractivity contribution < 1.29 is 14.3 Å². The highest BCUT2D eigenvalue weighted by Crippen LogP contribution is 2.40. The third kappa shape index (κ3) is 2.46. The Morgan fingerprint density at radius 1 is 1.32 bits per heavy atom. The van der Waals surface area contributed by atoms with Gasteiger partial charge in [0, 0.05) is 25.6 Å². The monoisotopic (exact) mass is 302 g/mol. The minimum Gasteiger partial charge on any atom is -0.493 e. The van der Waals surface area contributed by atoms with Crippen LogP contribution < -0.4 is 9.47 Å². The van der Waals surface area contributed by atoms with Gasteiger partial charge in [0.1, 0.15) is 0 Å². The van der Waals surface area contributed by atoms with Gasteiger partial charge in [0.05, 0.1) is 20.9 Å². The molecule has 3 rings (SSSR count). The molecule has 2 aliphatic rings. The van der Waals surface area contributed by atoms with E-state index in [2.05, 4.69) is 11.5 Å². The van der Waals surface area contributed by atoms with Gasteiger partial charge in [-0.1, -0.05) is 6.08 Å². The Morgan fingerprint density at radius 3 is 2.73 bits per heavy atom. The highest BCUT2D eigenvalue weighted by atomic mass is 16.5. The Balaban J connectivity index is 1.93. The SMILES string of the molecule is C=CCN1CN2CCc3cc(OC)c(OC)cc3C2CC1=O. The summed E-state index contributed by atoms with van der Waals surface area (Å²) in [7, 11) is 3.29. The number of carbonyl (C=O) groups is 1. The minimum atomic E-state index is 0.136. The van der Waals surface area contributed by atoms with Crippen molar-refractivity contribution in [3.05, 3.63) is 35.9 Å². The normalized spacial score (nSPS) is 21.1. The molecular weight excluding hydrogens is 280 g/mol. The predicted octanol–water partition coefficient (Wildman–Crippen LogP) is 1.98. The number of hydrogen-bond donors (Lipinski definition) is 0. The summed E-state index contributed by atoms with van der Waals surface area (Å²) >= 11 is 0. The van der Waals surface area contributed by atoms with Crippen molar-refractivity contribution in [3.8, 4) is 11.5 Å². The van der Waals surface area contributed by atoms with E-state index in [4.69, 9.17) is 9.47 Å². The summed E-state index contributed by atoms with van der Waals surface area (Å²) in [5, 5.41) is 0. The van der Waals surface area contributed by atoms with Crippen LogP contribution in [0.3, 0.4) is 0 Å². The lowest BCUT2D eigenvalue weighted by molar-refractivity contribution is -0.140. The number of hydrogen-bond acceptors (Lipinski definition) is 4. The molecule has 1 aromatic rings. The molecule has 0 radical (unpaired) electrons. The van der Waals surface area contributed by atoms with E-state index in [-0.39, 0.29) is 11.9 Å². The molecule has 2 aliphatic heterocycles. The zero-order chi connectivity index (χ0) is 15.7. The first-order chi connectivity index (χ1) is 10.7. The first-order valence-electron chi connectivity index (χ1n) is 7.55. The van der Waals surface area contributed by atoms with Crippen LogP contribution in [0.25, 0.3) is 0 Å². The molecule has 1 atom stereocenters. The van der Waals surface area contributed by atoms with Gasteiger partial charge in [0.15, 0.2) is 11.5 Å². The average Bonchev–Trinajstić information content (AvgIpc) is 2.54. The number of methoxy groups -OCH3 is 2. The summed E-state index contributed by atoms with van der Waals surface area (Å²) in [4.78, 5) is 16.5. The fourth-order valence-electron chi connectivity index (χ4n) is 3.40. The van der Waals surface area contributed by atoms with Crippen LogP contribution in [-0.2, 0) is 11.2 Å². The molecule has 118 valence electrons. The summed E-state index contributed by atoms with van der Waals surface area (Å²) < 4.78 is 10.8. The van der Waals surface area contributed by atoms with E-state index in [0.29, 0.717) is 19.6 Å². The van der Waals surface area contributed by atoms with E-state index in [1.165, 1.54) is 11.1 Å². The molecule has 0 bridgehead atoms. The molecule has 5 nitrogen and oxygen atoms in total. The lowest BCUT2D eigenvalue weighted by Gasteiger charge is -2.44. The number of benzene rings is 1. The third-order valence-electron chi connectivity index (χ3n) is 4.54. The van der Waals surface area contributed by atoms with Crippen LogP contribution in [0.4, 0.5) is 0 Å². The molecule has 0 N–H and O–H groups in total. The van der Waals surface area contributed by atoms with Crippen LogP contribution in [0.2, 0.25) is 0 Å². The predicted molar refractivity (Wildman–Crippen MR) is 84.1 cm³/mol. The molecule has 0 aromatic heterocycles. The molecule has 1 fully saturated rings. The van der Waals surface area contributed by atoms with E-state index in [9.17, 15) is 4.79 Å². The Hall–Kier alpha value is -2.01. The van der Waals surface area contributed by atoms with Crippen LogP contribution in [-0.4, -0.2) is 49.7 Å². The van der Waals surface area contributed by atoms with Crippen LogP contribution in [0.5, 0.6) is 11.5 Å². The second-order valence-electron chi connectivity index (χ2n) is 5.73. The Labute approximate surface area is 131 Å². The number of fused-ring (bicyclic) bond motifs is 3. The molecule has 1 saturated heterocycles. The lowest BCUT2D eigenvalue weighted by atomic mass is 9.89. The maximum absolute atomic E-state index is 12.3. The van der Waals surface area contributed by atoms with Gasteiger partial charge in [-0.25, -0.2) is 0 Å². The first-order valence-corrected chi connectivity index (χ1v) is 7.55. The van der Waals surface area contributed by atoms with E-state index >= 15 is 0 Å². The summed E-state index contributed by atoms with van der Waals surface area (Å²) in [6.07, 6.45) is 3.25. The van der Waals surface area contributed by atoms with Crippen molar-refractivity contribution >= 4 is 5.91 Å². The van der Waals surface area contributed by atoms with Gasteiger partial charge in [0.2, 0.25) is 5.91 Å². The van der Waals surface area contributed by atoms with Crippen molar-refractivity contribution in [1.29, 1.82) is 0 Å². The molecular formula is C17H22N2O3. The number of ether oxygens (including phenoxy) is 2. The molecule has 5 heteroatoms. The topological polar surface area (TPSA) is 42.0 Å². The van der Waals surface area contributed by atoms with Gasteiger partial charge < -0.3 is 14.4 Å². The van der Waals surface area contributed by atoms with E-state index < -0.39 is 0 Å². The quantitative estimate of drug-likeness (QED) is 0.798. The third-order valence-corrected chi connectivity index (χ3v) is 4.54. The highest BCUT2D eigenvalue weighted by Gasteiger charge is 2.36. The Bertz CT molecular complexity index is 600. The summed E-state index contributed by atoms with van der Waals surface area (Å²) in [5.74, 6) is 1.66. The first kappa shape index (κ1) is 14.9. The molecule has 0 aliphatic carbocycles. The van der Waals surface area contributed by atoms with Gasteiger partial charge in [-0.2, -0.15) is 0 Å². The van der Waals surface area contributed by atoms with Crippen molar-refractivity contribution in [2.45, 2.75) is 18.9 Å². The van der Waals surface area contributed by atoms with Gasteiger partial charge >= 0.3 is 0 Å². The maximum atomic E-state index is 12.3. The smallest absolute Gasteiger partial charge is 0.225 e. The van der Waals surface area contributed by atoms with Gasteiger partial charge in [-0.15, -0.1) is 6.58 Å². The lowest BCUT2D eigenvalue weighted by Crippen LogP contribution is -2.51. The van der Waals surface area contributed by atoms with E-state index in [0.717, 1.165) is 24.5 Å². The van der Waals surface area contributed by atoms with Crippen LogP contribution >= 0.6 is 0 Å². The summed E-state index contributed by atoms with van der Waals surface area (Å²) in [6, 6.07) is 4.21. The zero-order valence-corrected chi connectivity index (χ0v) is 13.2. The number of carbonyl (C=O) groups excluding carboxylic acids is 1. The molecule has 0 spiro atoms. The number of nitrogens with zero attached hydrogens (tertiary/aromatic N) is 2. The molecule has 0 saturated carbocycles. The van der Waals surface area contributed by atoms with Gasteiger partial charge in [-0.3, -0.25) is 9.69 Å². The number of amides is 1. The molecule has 22 heavy (non-hydrogen) atoms. The average molecular weight is 302 g/mol. The second-order valence-corrected chi connectivity index (χ2v) is 5.73. The van der Waals surface area contributed by atoms with E-state index in [1.54, 1.807) is 20.3 Å². The van der Waals surface area contributed by atoms with Crippen molar-refractivity contribution in [2.24, 2.45) is 0 Å². The Morgan fingerprint density at radius 2 is 2.05 bits per heavy atom.